The Morgan fingerprint density at radius 2 is 2.40 bits per heavy atom. The van der Waals surface area contributed by atoms with Gasteiger partial charge in [-0.25, -0.2) is 0 Å². The minimum Gasteiger partial charge on any atom is -0.393 e. The van der Waals surface area contributed by atoms with E-state index in [0.717, 1.165) is 19.4 Å². The van der Waals surface area contributed by atoms with Gasteiger partial charge in [-0.3, -0.25) is 4.79 Å². The molecule has 86 valence electrons. The van der Waals surface area contributed by atoms with E-state index in [-0.39, 0.29) is 12.0 Å². The first-order valence-electron chi connectivity index (χ1n) is 5.78. The van der Waals surface area contributed by atoms with E-state index in [1.807, 2.05) is 0 Å². The fourth-order valence-corrected chi connectivity index (χ4v) is 1.73. The van der Waals surface area contributed by atoms with Crippen molar-refractivity contribution in [2.45, 2.75) is 45.1 Å². The Balaban J connectivity index is 2.08. The minimum atomic E-state index is -0.381. The van der Waals surface area contributed by atoms with Crippen LogP contribution in [0.25, 0.3) is 0 Å². The molecule has 0 saturated carbocycles. The zero-order chi connectivity index (χ0) is 11.1. The van der Waals surface area contributed by atoms with Crippen molar-refractivity contribution in [2.75, 3.05) is 6.54 Å². The van der Waals surface area contributed by atoms with Crippen molar-refractivity contribution in [1.29, 1.82) is 0 Å². The summed E-state index contributed by atoms with van der Waals surface area (Å²) in [5, 5.41) is 12.0. The smallest absolute Gasteiger partial charge is 0.220 e. The van der Waals surface area contributed by atoms with Gasteiger partial charge in [0.15, 0.2) is 0 Å². The average Bonchev–Trinajstić information content (AvgIpc) is 2.25. The summed E-state index contributed by atoms with van der Waals surface area (Å²) in [6, 6.07) is 0. The predicted octanol–water partition coefficient (Wildman–Crippen LogP) is 1.62. The van der Waals surface area contributed by atoms with E-state index < -0.39 is 0 Å². The van der Waals surface area contributed by atoms with E-state index in [1.165, 1.54) is 6.42 Å². The molecule has 2 unspecified atom stereocenters. The molecule has 0 spiro atoms. The van der Waals surface area contributed by atoms with Crippen LogP contribution in [0.3, 0.4) is 0 Å². The topological polar surface area (TPSA) is 49.3 Å². The molecule has 0 fully saturated rings. The molecular formula is C12H21NO2. The molecule has 3 nitrogen and oxygen atoms in total. The first-order chi connectivity index (χ1) is 7.18. The molecule has 1 amide bonds. The summed E-state index contributed by atoms with van der Waals surface area (Å²) in [4.78, 5) is 11.3. The number of carbonyl (C=O) groups excluding carboxylic acids is 1. The van der Waals surface area contributed by atoms with Crippen molar-refractivity contribution in [1.82, 2.24) is 5.32 Å². The van der Waals surface area contributed by atoms with Crippen LogP contribution in [0.4, 0.5) is 0 Å². The van der Waals surface area contributed by atoms with Gasteiger partial charge < -0.3 is 10.4 Å². The zero-order valence-corrected chi connectivity index (χ0v) is 9.41. The number of amides is 1. The number of aliphatic hydroxyl groups is 1. The standard InChI is InChI=1S/C12H21NO2/c1-10(14)7-8-12(15)13-9-11-5-3-2-4-6-11/h2-3,10-11,14H,4-9H2,1H3,(H,13,15). The molecule has 2 atom stereocenters. The summed E-state index contributed by atoms with van der Waals surface area (Å²) >= 11 is 0. The molecule has 1 rings (SSSR count). The number of allylic oxidation sites excluding steroid dienone is 2. The van der Waals surface area contributed by atoms with Crippen molar-refractivity contribution in [2.24, 2.45) is 5.92 Å². The Kier molecular flexibility index (Phi) is 5.40. The molecule has 0 aromatic carbocycles. The lowest BCUT2D eigenvalue weighted by molar-refractivity contribution is -0.121. The van der Waals surface area contributed by atoms with Gasteiger partial charge in [0.2, 0.25) is 5.91 Å². The van der Waals surface area contributed by atoms with E-state index in [4.69, 9.17) is 5.11 Å². The van der Waals surface area contributed by atoms with E-state index >= 15 is 0 Å². The fourth-order valence-electron chi connectivity index (χ4n) is 1.73. The van der Waals surface area contributed by atoms with Crippen LogP contribution in [0.1, 0.15) is 39.0 Å². The lowest BCUT2D eigenvalue weighted by Gasteiger charge is -2.18. The van der Waals surface area contributed by atoms with Gasteiger partial charge in [0.25, 0.3) is 0 Å². The molecule has 1 aliphatic rings. The van der Waals surface area contributed by atoms with Gasteiger partial charge in [0.1, 0.15) is 0 Å². The second kappa shape index (κ2) is 6.62. The molecule has 0 radical (unpaired) electrons. The molecule has 15 heavy (non-hydrogen) atoms. The van der Waals surface area contributed by atoms with Crippen molar-refractivity contribution >= 4 is 5.91 Å². The number of hydrogen-bond acceptors (Lipinski definition) is 2. The van der Waals surface area contributed by atoms with Crippen LogP contribution < -0.4 is 5.32 Å². The second-order valence-electron chi connectivity index (χ2n) is 4.34. The van der Waals surface area contributed by atoms with Gasteiger partial charge in [0, 0.05) is 13.0 Å². The highest BCUT2D eigenvalue weighted by Gasteiger charge is 2.11. The third kappa shape index (κ3) is 5.57. The Bertz CT molecular complexity index is 224. The van der Waals surface area contributed by atoms with Crippen LogP contribution in [0.2, 0.25) is 0 Å². The quantitative estimate of drug-likeness (QED) is 0.679. The number of carbonyl (C=O) groups is 1. The van der Waals surface area contributed by atoms with Gasteiger partial charge in [-0.1, -0.05) is 12.2 Å². The van der Waals surface area contributed by atoms with Gasteiger partial charge in [-0.15, -0.1) is 0 Å². The number of rotatable bonds is 5. The highest BCUT2D eigenvalue weighted by Crippen LogP contribution is 2.16. The van der Waals surface area contributed by atoms with Gasteiger partial charge in [-0.05, 0) is 38.5 Å². The predicted molar refractivity (Wildman–Crippen MR) is 60.4 cm³/mol. The van der Waals surface area contributed by atoms with Gasteiger partial charge in [0.05, 0.1) is 6.10 Å². The normalized spacial score (nSPS) is 22.4. The Hall–Kier alpha value is -0.830. The molecule has 0 saturated heterocycles. The fraction of sp³-hybridized carbons (Fsp3) is 0.750. The lowest BCUT2D eigenvalue weighted by Crippen LogP contribution is -2.30. The summed E-state index contributed by atoms with van der Waals surface area (Å²) in [5.41, 5.74) is 0. The van der Waals surface area contributed by atoms with E-state index in [2.05, 4.69) is 17.5 Å². The monoisotopic (exact) mass is 211 g/mol. The van der Waals surface area contributed by atoms with E-state index in [0.29, 0.717) is 18.8 Å². The van der Waals surface area contributed by atoms with Crippen molar-refractivity contribution in [3.05, 3.63) is 12.2 Å². The van der Waals surface area contributed by atoms with E-state index in [1.54, 1.807) is 6.92 Å². The van der Waals surface area contributed by atoms with Crippen molar-refractivity contribution in [3.63, 3.8) is 0 Å². The van der Waals surface area contributed by atoms with Crippen molar-refractivity contribution < 1.29 is 9.90 Å². The molecule has 0 aromatic heterocycles. The summed E-state index contributed by atoms with van der Waals surface area (Å²) in [5.74, 6) is 0.663. The molecule has 2 N–H and O–H groups in total. The average molecular weight is 211 g/mol. The van der Waals surface area contributed by atoms with Crippen LogP contribution in [0.15, 0.2) is 12.2 Å². The molecule has 1 aliphatic carbocycles. The van der Waals surface area contributed by atoms with Crippen LogP contribution in [-0.4, -0.2) is 23.7 Å². The molecule has 3 heteroatoms. The molecule has 0 aliphatic heterocycles. The van der Waals surface area contributed by atoms with Crippen molar-refractivity contribution in [3.8, 4) is 0 Å². The Labute approximate surface area is 91.6 Å². The SMILES string of the molecule is CC(O)CCC(=O)NCC1CC=CCC1. The van der Waals surface area contributed by atoms with Gasteiger partial charge in [-0.2, -0.15) is 0 Å². The van der Waals surface area contributed by atoms with E-state index in [9.17, 15) is 4.79 Å². The minimum absolute atomic E-state index is 0.0606. The van der Waals surface area contributed by atoms with Crippen LogP contribution in [-0.2, 0) is 4.79 Å². The van der Waals surface area contributed by atoms with Gasteiger partial charge >= 0.3 is 0 Å². The third-order valence-corrected chi connectivity index (χ3v) is 2.75. The molecular weight excluding hydrogens is 190 g/mol. The first kappa shape index (κ1) is 12.2. The molecule has 0 aromatic rings. The van der Waals surface area contributed by atoms with Crippen LogP contribution in [0, 0.1) is 5.92 Å². The first-order valence-corrected chi connectivity index (χ1v) is 5.78. The second-order valence-corrected chi connectivity index (χ2v) is 4.34. The summed E-state index contributed by atoms with van der Waals surface area (Å²) in [7, 11) is 0. The maximum Gasteiger partial charge on any atom is 0.220 e. The highest BCUT2D eigenvalue weighted by atomic mass is 16.3. The van der Waals surface area contributed by atoms with Crippen LogP contribution in [0.5, 0.6) is 0 Å². The highest BCUT2D eigenvalue weighted by molar-refractivity contribution is 5.75. The summed E-state index contributed by atoms with van der Waals surface area (Å²) < 4.78 is 0. The maximum atomic E-state index is 11.3. The summed E-state index contributed by atoms with van der Waals surface area (Å²) in [6.45, 7) is 2.49. The zero-order valence-electron chi connectivity index (χ0n) is 9.41. The summed E-state index contributed by atoms with van der Waals surface area (Å²) in [6.07, 6.45) is 8.38. The largest absolute Gasteiger partial charge is 0.393 e. The maximum absolute atomic E-state index is 11.3. The lowest BCUT2D eigenvalue weighted by atomic mass is 9.94. The number of aliphatic hydroxyl groups excluding tert-OH is 1. The number of hydrogen-bond donors (Lipinski definition) is 2. The molecule has 0 bridgehead atoms. The molecule has 0 heterocycles. The Morgan fingerprint density at radius 1 is 1.60 bits per heavy atom. The number of nitrogens with one attached hydrogen (secondary N) is 1. The Morgan fingerprint density at radius 3 is 3.00 bits per heavy atom. The van der Waals surface area contributed by atoms with Crippen LogP contribution >= 0.6 is 0 Å². The third-order valence-electron chi connectivity index (χ3n) is 2.75.